The zero-order valence-electron chi connectivity index (χ0n) is 45.2. The topological polar surface area (TPSA) is 197 Å². The predicted octanol–water partition coefficient (Wildman–Crippen LogP) is 8.03. The number of phosphoric ester groups is 1. The Morgan fingerprint density at radius 1 is 0.549 bits per heavy atom. The Bertz CT molecular complexity index is 1980. The maximum atomic E-state index is 14.1. The van der Waals surface area contributed by atoms with E-state index in [1.165, 1.54) is 9.80 Å². The van der Waals surface area contributed by atoms with E-state index >= 15 is 0 Å². The van der Waals surface area contributed by atoms with Gasteiger partial charge in [-0.15, -0.1) is 0 Å². The van der Waals surface area contributed by atoms with Gasteiger partial charge in [0.15, 0.2) is 0 Å². The fraction of sp³-hybridized carbons (Fsp3) is 0.679. The van der Waals surface area contributed by atoms with Crippen molar-refractivity contribution in [2.45, 2.75) is 175 Å². The third-order valence-corrected chi connectivity index (χ3v) is 11.7. The van der Waals surface area contributed by atoms with E-state index in [-0.39, 0.29) is 44.7 Å². The van der Waals surface area contributed by atoms with Gasteiger partial charge in [0.1, 0.15) is 28.0 Å². The van der Waals surface area contributed by atoms with Crippen LogP contribution >= 0.6 is 7.82 Å². The van der Waals surface area contributed by atoms with Crippen molar-refractivity contribution in [2.75, 3.05) is 59.0 Å². The molecule has 1 N–H and O–H groups in total. The van der Waals surface area contributed by atoms with Gasteiger partial charge < -0.3 is 28.6 Å². The number of esters is 5. The summed E-state index contributed by atoms with van der Waals surface area (Å²) >= 11 is 0. The molecule has 2 aromatic carbocycles. The summed E-state index contributed by atoms with van der Waals surface area (Å²) in [6.07, 6.45) is 1.50. The lowest BCUT2D eigenvalue weighted by molar-refractivity contribution is -0.163. The van der Waals surface area contributed by atoms with Crippen LogP contribution in [0.4, 0.5) is 0 Å². The fourth-order valence-electron chi connectivity index (χ4n) is 8.21. The summed E-state index contributed by atoms with van der Waals surface area (Å²) in [7, 11) is -4.85. The number of nitrogens with zero attached hydrogens (tertiary/aromatic N) is 3. The van der Waals surface area contributed by atoms with Gasteiger partial charge in [0, 0.05) is 31.1 Å². The second kappa shape index (κ2) is 25.6. The summed E-state index contributed by atoms with van der Waals surface area (Å²) in [5.41, 5.74) is -2.42. The van der Waals surface area contributed by atoms with E-state index in [4.69, 9.17) is 32.7 Å². The quantitative estimate of drug-likeness (QED) is 0.0637. The third kappa shape index (κ3) is 24.4. The molecule has 2 unspecified atom stereocenters. The molecule has 0 heterocycles. The van der Waals surface area contributed by atoms with E-state index in [2.05, 4.69) is 24.3 Å². The van der Waals surface area contributed by atoms with Gasteiger partial charge in [0.2, 0.25) is 0 Å². The van der Waals surface area contributed by atoms with Crippen LogP contribution in [0.3, 0.4) is 0 Å². The van der Waals surface area contributed by atoms with Gasteiger partial charge in [0.25, 0.3) is 0 Å². The Labute approximate surface area is 423 Å². The van der Waals surface area contributed by atoms with Crippen molar-refractivity contribution < 1.29 is 66.2 Å². The first-order valence-corrected chi connectivity index (χ1v) is 26.0. The van der Waals surface area contributed by atoms with E-state index < -0.39 is 97.5 Å². The van der Waals surface area contributed by atoms with Gasteiger partial charge in [-0.25, -0.2) is 4.57 Å². The molecule has 0 saturated heterocycles. The molecular formula is C53H84N3O14P. The van der Waals surface area contributed by atoms with Crippen LogP contribution in [0.25, 0.3) is 0 Å². The number of hydrogen-bond donors (Lipinski definition) is 1. The molecule has 18 heteroatoms. The Hall–Kier alpha value is -4.22. The second-order valence-electron chi connectivity index (χ2n) is 23.3. The molecule has 0 bridgehead atoms. The lowest BCUT2D eigenvalue weighted by atomic mass is 9.65. The zero-order valence-corrected chi connectivity index (χ0v) is 46.1. The average Bonchev–Trinajstić information content (AvgIpc) is 3.18. The molecule has 1 aliphatic rings. The van der Waals surface area contributed by atoms with Gasteiger partial charge in [-0.3, -0.25) is 47.7 Å². The number of hydrogen-bond acceptors (Lipinski definition) is 16. The van der Waals surface area contributed by atoms with Crippen LogP contribution < -0.4 is 0 Å². The van der Waals surface area contributed by atoms with E-state index in [9.17, 15) is 33.4 Å². The average molecular weight is 1020 g/mol. The van der Waals surface area contributed by atoms with E-state index in [0.717, 1.165) is 11.1 Å². The van der Waals surface area contributed by atoms with Crippen molar-refractivity contribution in [1.29, 1.82) is 0 Å². The normalized spacial score (nSPS) is 16.3. The Morgan fingerprint density at radius 2 is 0.873 bits per heavy atom. The highest BCUT2D eigenvalue weighted by molar-refractivity contribution is 7.47. The van der Waals surface area contributed by atoms with Crippen LogP contribution in [0.1, 0.15) is 141 Å². The molecule has 0 radical (unpaired) electrons. The Kier molecular flexibility index (Phi) is 22.0. The smallest absolute Gasteiger partial charge is 0.459 e. The molecule has 0 aliphatic heterocycles. The molecule has 1 fully saturated rings. The SMILES string of the molecule is CC(C)(C)OC(=O)CN(CCN(CC(=O)OC(C)(C)C)CC(COP(=O)(O)OC1CCC(c2ccccc2)(c2ccccc2)CC1)N(CC(=O)OC(C)(C)C)CC(=O)OC(C)(C)C)CC(=O)OC(C)(C)C. The molecule has 2 aromatic rings. The number of phosphoric acid groups is 1. The van der Waals surface area contributed by atoms with E-state index in [1.807, 2.05) is 36.4 Å². The highest BCUT2D eigenvalue weighted by atomic mass is 31.2. The summed E-state index contributed by atoms with van der Waals surface area (Å²) in [5, 5.41) is 0. The van der Waals surface area contributed by atoms with Crippen LogP contribution in [-0.4, -0.2) is 149 Å². The zero-order chi connectivity index (χ0) is 53.6. The van der Waals surface area contributed by atoms with Crippen LogP contribution in [0.5, 0.6) is 0 Å². The molecule has 0 amide bonds. The monoisotopic (exact) mass is 1020 g/mol. The van der Waals surface area contributed by atoms with Gasteiger partial charge >= 0.3 is 37.7 Å². The van der Waals surface area contributed by atoms with Gasteiger partial charge in [0.05, 0.1) is 45.4 Å². The predicted molar refractivity (Wildman–Crippen MR) is 270 cm³/mol. The van der Waals surface area contributed by atoms with Crippen LogP contribution in [0.2, 0.25) is 0 Å². The summed E-state index contributed by atoms with van der Waals surface area (Å²) < 4.78 is 54.1. The van der Waals surface area contributed by atoms with Crippen molar-refractivity contribution in [2.24, 2.45) is 0 Å². The summed E-state index contributed by atoms with van der Waals surface area (Å²) in [6.45, 7) is 22.9. The lowest BCUT2D eigenvalue weighted by Crippen LogP contribution is -2.53. The van der Waals surface area contributed by atoms with Crippen LogP contribution in [0, 0.1) is 0 Å². The number of carbonyl (C=O) groups excluding carboxylic acids is 5. The number of carbonyl (C=O) groups is 5. The maximum Gasteiger partial charge on any atom is 0.472 e. The fourth-order valence-corrected chi connectivity index (χ4v) is 9.22. The highest BCUT2D eigenvalue weighted by Crippen LogP contribution is 2.51. The molecule has 1 saturated carbocycles. The maximum absolute atomic E-state index is 14.1. The summed E-state index contributed by atoms with van der Waals surface area (Å²) in [4.78, 5) is 83.3. The minimum atomic E-state index is -4.85. The first kappa shape index (κ1) is 61.1. The molecule has 0 spiro atoms. The Balaban J connectivity index is 2.04. The van der Waals surface area contributed by atoms with Gasteiger partial charge in [-0.1, -0.05) is 60.7 Å². The van der Waals surface area contributed by atoms with Crippen molar-refractivity contribution in [3.63, 3.8) is 0 Å². The lowest BCUT2D eigenvalue weighted by Gasteiger charge is -2.41. The summed E-state index contributed by atoms with van der Waals surface area (Å²) in [6, 6.07) is 19.2. The number of ether oxygens (including phenoxy) is 5. The molecule has 3 rings (SSSR count). The van der Waals surface area contributed by atoms with Crippen LogP contribution in [-0.2, 0) is 66.7 Å². The first-order valence-electron chi connectivity index (χ1n) is 24.6. The number of benzene rings is 2. The minimum Gasteiger partial charge on any atom is -0.459 e. The standard InChI is InChI=1S/C53H84N3O14P/c1-48(2,3)65-43(57)33-54(30-31-55(34-44(58)66-49(4,5)6)35-45(59)67-50(7,8)9)32-41(56(36-46(60)68-51(10,11)12)37-47(61)69-52(13,14)15)38-64-71(62,63)70-42-26-28-53(29-27-42,39-22-18-16-19-23-39)40-24-20-17-21-25-40/h16-25,41-42H,26-38H2,1-15H3,(H,62,63). The van der Waals surface area contributed by atoms with Crippen LogP contribution in [0.15, 0.2) is 60.7 Å². The highest BCUT2D eigenvalue weighted by Gasteiger charge is 2.41. The van der Waals surface area contributed by atoms with Gasteiger partial charge in [-0.05, 0) is 141 Å². The van der Waals surface area contributed by atoms with Crippen molar-refractivity contribution in [3.05, 3.63) is 71.8 Å². The molecule has 1 aliphatic carbocycles. The van der Waals surface area contributed by atoms with Crippen molar-refractivity contribution >= 4 is 37.7 Å². The molecule has 0 aromatic heterocycles. The second-order valence-corrected chi connectivity index (χ2v) is 24.7. The minimum absolute atomic E-state index is 0.00370. The third-order valence-electron chi connectivity index (χ3n) is 10.7. The van der Waals surface area contributed by atoms with Crippen molar-refractivity contribution in [3.8, 4) is 0 Å². The molecular weight excluding hydrogens is 934 g/mol. The summed E-state index contributed by atoms with van der Waals surface area (Å²) in [5.74, 6) is -3.26. The van der Waals surface area contributed by atoms with Gasteiger partial charge in [-0.2, -0.15) is 0 Å². The molecule has 71 heavy (non-hydrogen) atoms. The Morgan fingerprint density at radius 3 is 1.23 bits per heavy atom. The number of rotatable bonds is 23. The first-order chi connectivity index (χ1) is 32.5. The van der Waals surface area contributed by atoms with E-state index in [0.29, 0.717) is 25.7 Å². The van der Waals surface area contributed by atoms with E-state index in [1.54, 1.807) is 109 Å². The van der Waals surface area contributed by atoms with Crippen molar-refractivity contribution in [1.82, 2.24) is 14.7 Å². The largest absolute Gasteiger partial charge is 0.472 e. The molecule has 2 atom stereocenters. The molecule has 400 valence electrons. The molecule has 17 nitrogen and oxygen atoms in total.